The van der Waals surface area contributed by atoms with Crippen LogP contribution in [0.15, 0.2) is 46.0 Å². The summed E-state index contributed by atoms with van der Waals surface area (Å²) in [6.45, 7) is 0.166. The molecule has 0 aliphatic carbocycles. The number of ether oxygens (including phenoxy) is 1. The van der Waals surface area contributed by atoms with Gasteiger partial charge in [0.25, 0.3) is 0 Å². The second-order valence-electron chi connectivity index (χ2n) is 4.20. The van der Waals surface area contributed by atoms with E-state index in [1.807, 2.05) is 0 Å². The van der Waals surface area contributed by atoms with E-state index >= 15 is 0 Å². The maximum Gasteiger partial charge on any atom is 0.170 e. The molecular formula is C14H11BrClFN2O2. The number of nitrogens with zero attached hydrogens (tertiary/aromatic N) is 1. The lowest BCUT2D eigenvalue weighted by Crippen LogP contribution is -2.12. The summed E-state index contributed by atoms with van der Waals surface area (Å²) in [7, 11) is 0. The Balaban J connectivity index is 2.13. The van der Waals surface area contributed by atoms with E-state index in [4.69, 9.17) is 27.3 Å². The molecule has 0 saturated heterocycles. The van der Waals surface area contributed by atoms with Crippen molar-refractivity contribution in [1.82, 2.24) is 0 Å². The van der Waals surface area contributed by atoms with E-state index in [0.29, 0.717) is 26.4 Å². The predicted octanol–water partition coefficient (Wildman–Crippen LogP) is 3.92. The number of halogens is 3. The van der Waals surface area contributed by atoms with Gasteiger partial charge in [-0.15, -0.1) is 0 Å². The van der Waals surface area contributed by atoms with Crippen molar-refractivity contribution >= 4 is 33.4 Å². The van der Waals surface area contributed by atoms with Crippen molar-refractivity contribution < 1.29 is 14.3 Å². The Labute approximate surface area is 134 Å². The van der Waals surface area contributed by atoms with Gasteiger partial charge in [0, 0.05) is 10.0 Å². The number of nitrogens with two attached hydrogens (primary N) is 1. The SMILES string of the molecule is NC(=NO)c1ccc(OCc2cc(F)cc(Br)c2)c(Cl)c1. The van der Waals surface area contributed by atoms with Gasteiger partial charge in [-0.05, 0) is 42.0 Å². The van der Waals surface area contributed by atoms with Crippen molar-refractivity contribution in [1.29, 1.82) is 0 Å². The van der Waals surface area contributed by atoms with Gasteiger partial charge >= 0.3 is 0 Å². The predicted molar refractivity (Wildman–Crippen MR) is 82.4 cm³/mol. The molecule has 7 heteroatoms. The quantitative estimate of drug-likeness (QED) is 0.369. The third-order valence-electron chi connectivity index (χ3n) is 2.65. The van der Waals surface area contributed by atoms with Gasteiger partial charge in [-0.1, -0.05) is 32.7 Å². The molecule has 0 radical (unpaired) electrons. The topological polar surface area (TPSA) is 67.8 Å². The van der Waals surface area contributed by atoms with Crippen LogP contribution in [0.25, 0.3) is 0 Å². The summed E-state index contributed by atoms with van der Waals surface area (Å²) >= 11 is 9.27. The molecule has 0 spiro atoms. The Morgan fingerprint density at radius 2 is 2.10 bits per heavy atom. The fraction of sp³-hybridized carbons (Fsp3) is 0.0714. The van der Waals surface area contributed by atoms with E-state index < -0.39 is 0 Å². The van der Waals surface area contributed by atoms with Crippen molar-refractivity contribution in [2.24, 2.45) is 10.9 Å². The molecule has 21 heavy (non-hydrogen) atoms. The zero-order chi connectivity index (χ0) is 15.4. The van der Waals surface area contributed by atoms with Crippen LogP contribution in [0.4, 0.5) is 4.39 Å². The largest absolute Gasteiger partial charge is 0.487 e. The van der Waals surface area contributed by atoms with Gasteiger partial charge < -0.3 is 15.7 Å². The molecule has 4 nitrogen and oxygen atoms in total. The third-order valence-corrected chi connectivity index (χ3v) is 3.41. The summed E-state index contributed by atoms with van der Waals surface area (Å²) in [4.78, 5) is 0. The highest BCUT2D eigenvalue weighted by molar-refractivity contribution is 9.10. The second-order valence-corrected chi connectivity index (χ2v) is 5.52. The maximum absolute atomic E-state index is 13.3. The molecular weight excluding hydrogens is 363 g/mol. The van der Waals surface area contributed by atoms with Gasteiger partial charge in [-0.2, -0.15) is 0 Å². The average molecular weight is 374 g/mol. The van der Waals surface area contributed by atoms with Crippen LogP contribution >= 0.6 is 27.5 Å². The van der Waals surface area contributed by atoms with Gasteiger partial charge in [-0.3, -0.25) is 0 Å². The first-order valence-corrected chi connectivity index (χ1v) is 7.02. The Morgan fingerprint density at radius 3 is 2.71 bits per heavy atom. The zero-order valence-corrected chi connectivity index (χ0v) is 13.0. The number of amidine groups is 1. The van der Waals surface area contributed by atoms with Gasteiger partial charge in [0.05, 0.1) is 5.02 Å². The average Bonchev–Trinajstić information content (AvgIpc) is 2.44. The van der Waals surface area contributed by atoms with Crippen molar-refractivity contribution in [3.05, 3.63) is 62.8 Å². The summed E-state index contributed by atoms with van der Waals surface area (Å²) in [6, 6.07) is 9.22. The van der Waals surface area contributed by atoms with Crippen LogP contribution in [0.1, 0.15) is 11.1 Å². The van der Waals surface area contributed by atoms with E-state index in [2.05, 4.69) is 21.1 Å². The fourth-order valence-electron chi connectivity index (χ4n) is 1.69. The van der Waals surface area contributed by atoms with Crippen molar-refractivity contribution in [3.8, 4) is 5.75 Å². The minimum atomic E-state index is -0.351. The summed E-state index contributed by atoms with van der Waals surface area (Å²) < 4.78 is 19.4. The van der Waals surface area contributed by atoms with E-state index in [0.717, 1.165) is 0 Å². The van der Waals surface area contributed by atoms with Crippen LogP contribution in [-0.4, -0.2) is 11.0 Å². The highest BCUT2D eigenvalue weighted by Gasteiger charge is 2.07. The molecule has 0 aliphatic heterocycles. The molecule has 2 aromatic carbocycles. The van der Waals surface area contributed by atoms with E-state index in [-0.39, 0.29) is 18.3 Å². The normalized spacial score (nSPS) is 11.5. The Kier molecular flexibility index (Phi) is 5.03. The second kappa shape index (κ2) is 6.78. The van der Waals surface area contributed by atoms with E-state index in [1.54, 1.807) is 18.2 Å². The molecule has 0 bridgehead atoms. The number of rotatable bonds is 4. The van der Waals surface area contributed by atoms with E-state index in [9.17, 15) is 4.39 Å². The molecule has 2 aromatic rings. The number of hydrogen-bond donors (Lipinski definition) is 2. The molecule has 0 unspecified atom stereocenters. The molecule has 0 aromatic heterocycles. The first-order chi connectivity index (χ1) is 9.99. The van der Waals surface area contributed by atoms with Crippen molar-refractivity contribution in [3.63, 3.8) is 0 Å². The van der Waals surface area contributed by atoms with Gasteiger partial charge in [-0.25, -0.2) is 4.39 Å². The molecule has 0 atom stereocenters. The Hall–Kier alpha value is -1.79. The minimum Gasteiger partial charge on any atom is -0.487 e. The summed E-state index contributed by atoms with van der Waals surface area (Å²) in [5.74, 6) is 0.0281. The molecule has 0 amide bonds. The van der Waals surface area contributed by atoms with Crippen LogP contribution in [-0.2, 0) is 6.61 Å². The summed E-state index contributed by atoms with van der Waals surface area (Å²) in [5.41, 5.74) is 6.61. The van der Waals surface area contributed by atoms with Crippen LogP contribution in [0.5, 0.6) is 5.75 Å². The highest BCUT2D eigenvalue weighted by atomic mass is 79.9. The molecule has 2 rings (SSSR count). The molecule has 0 heterocycles. The molecule has 0 fully saturated rings. The lowest BCUT2D eigenvalue weighted by atomic mass is 10.2. The maximum atomic E-state index is 13.3. The minimum absolute atomic E-state index is 0.0440. The van der Waals surface area contributed by atoms with Crippen LogP contribution in [0, 0.1) is 5.82 Å². The lowest BCUT2D eigenvalue weighted by Gasteiger charge is -2.10. The highest BCUT2D eigenvalue weighted by Crippen LogP contribution is 2.26. The smallest absolute Gasteiger partial charge is 0.170 e. The molecule has 0 saturated carbocycles. The standard InChI is InChI=1S/C14H11BrClFN2O2/c15-10-3-8(4-11(17)6-10)7-21-13-2-1-9(5-12(13)16)14(18)19-20/h1-6,20H,7H2,(H2,18,19). The fourth-order valence-corrected chi connectivity index (χ4v) is 2.44. The van der Waals surface area contributed by atoms with Crippen molar-refractivity contribution in [2.75, 3.05) is 0 Å². The van der Waals surface area contributed by atoms with Crippen LogP contribution in [0.3, 0.4) is 0 Å². The summed E-state index contributed by atoms with van der Waals surface area (Å²) in [5, 5.41) is 11.8. The first-order valence-electron chi connectivity index (χ1n) is 5.85. The van der Waals surface area contributed by atoms with Gasteiger partial charge in [0.2, 0.25) is 0 Å². The van der Waals surface area contributed by atoms with Crippen LogP contribution < -0.4 is 10.5 Å². The molecule has 110 valence electrons. The van der Waals surface area contributed by atoms with Crippen LogP contribution in [0.2, 0.25) is 5.02 Å². The first kappa shape index (κ1) is 15.6. The Morgan fingerprint density at radius 1 is 1.33 bits per heavy atom. The number of oxime groups is 1. The number of hydrogen-bond acceptors (Lipinski definition) is 3. The third kappa shape index (κ3) is 4.09. The van der Waals surface area contributed by atoms with Gasteiger partial charge in [0.15, 0.2) is 5.84 Å². The Bertz CT molecular complexity index is 674. The van der Waals surface area contributed by atoms with Crippen molar-refractivity contribution in [2.45, 2.75) is 6.61 Å². The monoisotopic (exact) mass is 372 g/mol. The zero-order valence-electron chi connectivity index (χ0n) is 10.7. The molecule has 0 aliphatic rings. The van der Waals surface area contributed by atoms with E-state index in [1.165, 1.54) is 18.2 Å². The van der Waals surface area contributed by atoms with Gasteiger partial charge in [0.1, 0.15) is 18.2 Å². The summed E-state index contributed by atoms with van der Waals surface area (Å²) in [6.07, 6.45) is 0. The number of benzene rings is 2. The lowest BCUT2D eigenvalue weighted by molar-refractivity contribution is 0.305. The molecule has 3 N–H and O–H groups in total.